The molecule has 2 heterocycles. The minimum absolute atomic E-state index is 0.0455. The number of carbonyl (C=O) groups excluding carboxylic acids is 1. The Balaban J connectivity index is 1.53. The summed E-state index contributed by atoms with van der Waals surface area (Å²) in [6, 6.07) is 16.5. The second-order valence-corrected chi connectivity index (χ2v) is 9.75. The third-order valence-electron chi connectivity index (χ3n) is 5.86. The second kappa shape index (κ2) is 9.67. The zero-order valence-electron chi connectivity index (χ0n) is 17.5. The Kier molecular flexibility index (Phi) is 6.73. The van der Waals surface area contributed by atoms with Gasteiger partial charge in [0.05, 0.1) is 11.8 Å². The molecule has 0 saturated heterocycles. The van der Waals surface area contributed by atoms with Gasteiger partial charge in [-0.25, -0.2) is 0 Å². The monoisotopic (exact) mass is 451 g/mol. The van der Waals surface area contributed by atoms with Gasteiger partial charge in [-0.1, -0.05) is 55.3 Å². The van der Waals surface area contributed by atoms with Gasteiger partial charge >= 0.3 is 0 Å². The van der Waals surface area contributed by atoms with E-state index in [9.17, 15) is 10.1 Å². The smallest absolute Gasteiger partial charge is 0.234 e. The van der Waals surface area contributed by atoms with Crippen LogP contribution in [0.25, 0.3) is 5.69 Å². The van der Waals surface area contributed by atoms with Crippen molar-refractivity contribution in [2.75, 3.05) is 12.8 Å². The Labute approximate surface area is 190 Å². The van der Waals surface area contributed by atoms with Gasteiger partial charge in [-0.15, -0.1) is 21.5 Å². The van der Waals surface area contributed by atoms with Gasteiger partial charge in [0, 0.05) is 24.0 Å². The van der Waals surface area contributed by atoms with Gasteiger partial charge in [-0.3, -0.25) is 9.36 Å². The maximum absolute atomic E-state index is 13.0. The highest BCUT2D eigenvalue weighted by Crippen LogP contribution is 2.33. The van der Waals surface area contributed by atoms with Crippen molar-refractivity contribution in [2.24, 2.45) is 0 Å². The first kappa shape index (κ1) is 21.6. The van der Waals surface area contributed by atoms with Crippen LogP contribution in [0, 0.1) is 11.3 Å². The lowest BCUT2D eigenvalue weighted by molar-refractivity contribution is -0.131. The average molecular weight is 452 g/mol. The number of thiophene rings is 1. The van der Waals surface area contributed by atoms with Crippen LogP contribution in [0.5, 0.6) is 0 Å². The molecule has 0 spiro atoms. The molecule has 0 bridgehead atoms. The molecule has 0 radical (unpaired) electrons. The topological polar surface area (TPSA) is 74.8 Å². The van der Waals surface area contributed by atoms with Gasteiger partial charge in [0.2, 0.25) is 5.91 Å². The van der Waals surface area contributed by atoms with Crippen LogP contribution in [-0.2, 0) is 11.2 Å². The maximum atomic E-state index is 13.0. The Morgan fingerprint density at radius 2 is 1.97 bits per heavy atom. The molecule has 31 heavy (non-hydrogen) atoms. The number of nitrogens with zero attached hydrogens (tertiary/aromatic N) is 5. The molecule has 1 amide bonds. The van der Waals surface area contributed by atoms with E-state index in [1.807, 2.05) is 41.0 Å². The van der Waals surface area contributed by atoms with Crippen LogP contribution < -0.4 is 0 Å². The molecule has 1 fully saturated rings. The van der Waals surface area contributed by atoms with Crippen LogP contribution in [0.2, 0.25) is 0 Å². The number of thioether (sulfide) groups is 1. The van der Waals surface area contributed by atoms with E-state index in [0.717, 1.165) is 43.6 Å². The summed E-state index contributed by atoms with van der Waals surface area (Å²) in [6.07, 6.45) is 5.31. The lowest BCUT2D eigenvalue weighted by Gasteiger charge is -2.39. The normalized spacial score (nSPS) is 15.4. The van der Waals surface area contributed by atoms with Crippen molar-refractivity contribution < 1.29 is 4.79 Å². The van der Waals surface area contributed by atoms with E-state index in [0.29, 0.717) is 11.6 Å². The Morgan fingerprint density at radius 1 is 1.19 bits per heavy atom. The summed E-state index contributed by atoms with van der Waals surface area (Å²) in [6.45, 7) is 0. The van der Waals surface area contributed by atoms with E-state index < -0.39 is 5.54 Å². The zero-order valence-corrected chi connectivity index (χ0v) is 19.2. The third kappa shape index (κ3) is 4.68. The van der Waals surface area contributed by atoms with Crippen LogP contribution in [0.1, 0.15) is 42.8 Å². The van der Waals surface area contributed by atoms with Crippen molar-refractivity contribution in [3.05, 3.63) is 58.5 Å². The molecule has 1 aliphatic rings. The molecule has 6 nitrogen and oxygen atoms in total. The second-order valence-electron chi connectivity index (χ2n) is 7.77. The highest BCUT2D eigenvalue weighted by molar-refractivity contribution is 7.99. The predicted molar refractivity (Wildman–Crippen MR) is 123 cm³/mol. The highest BCUT2D eigenvalue weighted by Gasteiger charge is 2.38. The molecule has 8 heteroatoms. The number of amides is 1. The summed E-state index contributed by atoms with van der Waals surface area (Å²) in [7, 11) is 1.77. The molecule has 1 aromatic carbocycles. The molecule has 160 valence electrons. The summed E-state index contributed by atoms with van der Waals surface area (Å²) in [5.41, 5.74) is 0.302. The van der Waals surface area contributed by atoms with Crippen molar-refractivity contribution in [3.8, 4) is 11.8 Å². The fourth-order valence-corrected chi connectivity index (χ4v) is 5.62. The number of hydrogen-bond acceptors (Lipinski definition) is 6. The number of benzene rings is 1. The lowest BCUT2D eigenvalue weighted by atomic mass is 9.81. The minimum atomic E-state index is -0.673. The van der Waals surface area contributed by atoms with Gasteiger partial charge in [0.1, 0.15) is 11.4 Å². The third-order valence-corrected chi connectivity index (χ3v) is 7.65. The first-order chi connectivity index (χ1) is 15.1. The van der Waals surface area contributed by atoms with Crippen molar-refractivity contribution in [1.82, 2.24) is 19.7 Å². The fourth-order valence-electron chi connectivity index (χ4n) is 4.03. The first-order valence-corrected chi connectivity index (χ1v) is 12.3. The molecule has 1 aliphatic carbocycles. The van der Waals surface area contributed by atoms with Crippen molar-refractivity contribution >= 4 is 29.0 Å². The van der Waals surface area contributed by atoms with Gasteiger partial charge < -0.3 is 4.90 Å². The Hall–Kier alpha value is -2.63. The van der Waals surface area contributed by atoms with Crippen molar-refractivity contribution in [2.45, 2.75) is 49.2 Å². The summed E-state index contributed by atoms with van der Waals surface area (Å²) >= 11 is 3.07. The zero-order chi connectivity index (χ0) is 21.7. The molecule has 0 N–H and O–H groups in total. The standard InChI is InChI=1S/C23H25N5OS2/c1-27(23(17-24)12-6-3-7-13-23)21(29)16-31-22-26-25-20(15-19-11-8-14-30-19)28(22)18-9-4-2-5-10-18/h2,4-5,8-11,14H,3,6-7,12-13,15-16H2,1H3. The minimum Gasteiger partial charge on any atom is -0.326 e. The molecule has 3 aromatic rings. The molecule has 1 saturated carbocycles. The van der Waals surface area contributed by atoms with Gasteiger partial charge in [0.15, 0.2) is 5.16 Å². The average Bonchev–Trinajstić information content (AvgIpc) is 3.48. The SMILES string of the molecule is CN(C(=O)CSc1nnc(Cc2cccs2)n1-c1ccccc1)C1(C#N)CCCCC1. The molecule has 0 atom stereocenters. The Morgan fingerprint density at radius 3 is 2.65 bits per heavy atom. The maximum Gasteiger partial charge on any atom is 0.234 e. The number of rotatable bonds is 7. The number of hydrogen-bond donors (Lipinski definition) is 0. The number of aromatic nitrogens is 3. The van der Waals surface area contributed by atoms with Crippen LogP contribution >= 0.6 is 23.1 Å². The number of para-hydroxylation sites is 1. The molecular formula is C23H25N5OS2. The molecule has 4 rings (SSSR count). The number of carbonyl (C=O) groups is 1. The Bertz CT molecular complexity index is 1050. The van der Waals surface area contributed by atoms with Crippen LogP contribution in [0.4, 0.5) is 0 Å². The van der Waals surface area contributed by atoms with Crippen molar-refractivity contribution in [3.63, 3.8) is 0 Å². The fraction of sp³-hybridized carbons (Fsp3) is 0.391. The summed E-state index contributed by atoms with van der Waals surface area (Å²) in [5.74, 6) is 1.03. The quantitative estimate of drug-likeness (QED) is 0.487. The summed E-state index contributed by atoms with van der Waals surface area (Å²) < 4.78 is 2.03. The summed E-state index contributed by atoms with van der Waals surface area (Å²) in [4.78, 5) is 15.9. The van der Waals surface area contributed by atoms with Gasteiger partial charge in [-0.2, -0.15) is 5.26 Å². The summed E-state index contributed by atoms with van der Waals surface area (Å²) in [5, 5.41) is 21.4. The highest BCUT2D eigenvalue weighted by atomic mass is 32.2. The predicted octanol–water partition coefficient (Wildman–Crippen LogP) is 4.70. The molecule has 0 unspecified atom stereocenters. The first-order valence-electron chi connectivity index (χ1n) is 10.5. The molecular weight excluding hydrogens is 426 g/mol. The van der Waals surface area contributed by atoms with E-state index in [1.165, 1.54) is 16.6 Å². The molecule has 0 aliphatic heterocycles. The van der Waals surface area contributed by atoms with E-state index in [4.69, 9.17) is 0 Å². The van der Waals surface area contributed by atoms with Crippen molar-refractivity contribution in [1.29, 1.82) is 5.26 Å². The molecule has 2 aromatic heterocycles. The van der Waals surface area contributed by atoms with Crippen LogP contribution in [0.3, 0.4) is 0 Å². The number of nitriles is 1. The van der Waals surface area contributed by atoms with Gasteiger partial charge in [-0.05, 0) is 36.4 Å². The van der Waals surface area contributed by atoms with E-state index >= 15 is 0 Å². The largest absolute Gasteiger partial charge is 0.326 e. The van der Waals surface area contributed by atoms with E-state index in [2.05, 4.69) is 27.7 Å². The van der Waals surface area contributed by atoms with E-state index in [1.54, 1.807) is 23.3 Å². The van der Waals surface area contributed by atoms with Crippen LogP contribution in [-0.4, -0.2) is 43.9 Å². The van der Waals surface area contributed by atoms with Crippen LogP contribution in [0.15, 0.2) is 53.0 Å². The van der Waals surface area contributed by atoms with E-state index in [-0.39, 0.29) is 11.7 Å². The lowest BCUT2D eigenvalue weighted by Crippen LogP contribution is -2.50. The van der Waals surface area contributed by atoms with Gasteiger partial charge in [0.25, 0.3) is 0 Å².